The van der Waals surface area contributed by atoms with Crippen LogP contribution in [0.4, 0.5) is 0 Å². The summed E-state index contributed by atoms with van der Waals surface area (Å²) in [7, 11) is 1.30. The Bertz CT molecular complexity index is 1000. The Morgan fingerprint density at radius 3 is 1.43 bits per heavy atom. The minimum absolute atomic E-state index is 0.0122. The Morgan fingerprint density at radius 2 is 1.00 bits per heavy atom. The highest BCUT2D eigenvalue weighted by Crippen LogP contribution is 2.38. The third kappa shape index (κ3) is 43.1. The smallest absolute Gasteiger partial charge is 0.268 e. The molecule has 58 heavy (non-hydrogen) atoms. The third-order valence-corrected chi connectivity index (χ3v) is 12.2. The second-order valence-electron chi connectivity index (χ2n) is 18.2. The molecule has 0 aromatic carbocycles. The highest BCUT2D eigenvalue weighted by atomic mass is 31.2. The van der Waals surface area contributed by atoms with Gasteiger partial charge < -0.3 is 28.8 Å². The lowest BCUT2D eigenvalue weighted by atomic mass is 10.0. The number of quaternary nitrogens is 1. The van der Waals surface area contributed by atoms with Crippen LogP contribution in [0.5, 0.6) is 0 Å². The fraction of sp³-hybridized carbons (Fsp3) is 0.898. The van der Waals surface area contributed by atoms with Gasteiger partial charge in [-0.2, -0.15) is 0 Å². The molecular weight excluding hydrogens is 744 g/mol. The number of hydrogen-bond acceptors (Lipinski definition) is 6. The molecule has 0 bridgehead atoms. The second-order valence-corrected chi connectivity index (χ2v) is 19.6. The van der Waals surface area contributed by atoms with Crippen molar-refractivity contribution < 1.29 is 32.9 Å². The van der Waals surface area contributed by atoms with Crippen molar-refractivity contribution in [3.8, 4) is 0 Å². The van der Waals surface area contributed by atoms with E-state index in [2.05, 4.69) is 43.5 Å². The van der Waals surface area contributed by atoms with E-state index in [1.165, 1.54) is 161 Å². The van der Waals surface area contributed by atoms with Crippen LogP contribution in [0.2, 0.25) is 0 Å². The Labute approximate surface area is 360 Å². The molecule has 8 nitrogen and oxygen atoms in total. The standard InChI is InChI=1S/C49H97N2O6P/c1-6-8-10-11-12-13-14-15-16-17-18-19-20-21-22-23-24-25-26-27-28-29-30-31-32-33-34-35-36-37-38-39-41-43-49(53)50-47(48(52)42-40-9-7-2)46-57-58(54,55)56-45-44-51(3,4)5/h14-15,17-18,47-48,52H,6-13,16,19-46H2,1-5H3,(H-,50,53,54,55)/b15-14-,18-17-. The highest BCUT2D eigenvalue weighted by molar-refractivity contribution is 7.45. The minimum atomic E-state index is -4.54. The van der Waals surface area contributed by atoms with Crippen LogP contribution < -0.4 is 10.2 Å². The molecule has 9 heteroatoms. The van der Waals surface area contributed by atoms with Crippen molar-refractivity contribution >= 4 is 13.7 Å². The monoisotopic (exact) mass is 841 g/mol. The summed E-state index contributed by atoms with van der Waals surface area (Å²) in [4.78, 5) is 25.0. The van der Waals surface area contributed by atoms with E-state index in [0.29, 0.717) is 23.9 Å². The predicted octanol–water partition coefficient (Wildman–Crippen LogP) is 13.5. The summed E-state index contributed by atoms with van der Waals surface area (Å²) in [5.41, 5.74) is 0. The number of allylic oxidation sites excluding steroid dienone is 4. The number of nitrogens with zero attached hydrogens (tertiary/aromatic N) is 1. The number of amides is 1. The molecule has 0 fully saturated rings. The first-order chi connectivity index (χ1) is 28.0. The van der Waals surface area contributed by atoms with E-state index < -0.39 is 20.0 Å². The van der Waals surface area contributed by atoms with Crippen molar-refractivity contribution in [1.29, 1.82) is 0 Å². The van der Waals surface area contributed by atoms with E-state index in [4.69, 9.17) is 9.05 Å². The van der Waals surface area contributed by atoms with Crippen LogP contribution in [-0.2, 0) is 18.4 Å². The maximum Gasteiger partial charge on any atom is 0.268 e. The normalized spacial score (nSPS) is 14.4. The minimum Gasteiger partial charge on any atom is -0.756 e. The number of unbranched alkanes of at least 4 members (excludes halogenated alkanes) is 28. The van der Waals surface area contributed by atoms with Gasteiger partial charge in [0.1, 0.15) is 13.2 Å². The summed E-state index contributed by atoms with van der Waals surface area (Å²) < 4.78 is 23.0. The second kappa shape index (κ2) is 41.3. The zero-order valence-corrected chi connectivity index (χ0v) is 39.9. The number of rotatable bonds is 45. The van der Waals surface area contributed by atoms with Crippen molar-refractivity contribution in [3.63, 3.8) is 0 Å². The summed E-state index contributed by atoms with van der Waals surface area (Å²) in [6.45, 7) is 4.55. The van der Waals surface area contributed by atoms with Crippen molar-refractivity contribution in [3.05, 3.63) is 24.3 Å². The highest BCUT2D eigenvalue weighted by Gasteiger charge is 2.24. The first-order valence-electron chi connectivity index (χ1n) is 24.7. The van der Waals surface area contributed by atoms with Crippen molar-refractivity contribution in [2.24, 2.45) is 0 Å². The first-order valence-corrected chi connectivity index (χ1v) is 26.1. The molecule has 0 saturated heterocycles. The van der Waals surface area contributed by atoms with Gasteiger partial charge in [-0.3, -0.25) is 9.36 Å². The Hall–Kier alpha value is -1.02. The average Bonchev–Trinajstić information content (AvgIpc) is 3.17. The van der Waals surface area contributed by atoms with E-state index in [1.807, 2.05) is 21.1 Å². The number of aliphatic hydroxyl groups excluding tert-OH is 1. The number of phosphoric acid groups is 1. The van der Waals surface area contributed by atoms with Gasteiger partial charge in [0.15, 0.2) is 0 Å². The SMILES string of the molecule is CCCCCCC/C=C\C/C=C\CCCCCCCCCCCCCCCCCCCCCCCC(=O)NC(COP(=O)([O-])OCC[N+](C)(C)C)C(O)CCCCC. The van der Waals surface area contributed by atoms with Crippen LogP contribution in [0.3, 0.4) is 0 Å². The van der Waals surface area contributed by atoms with Crippen molar-refractivity contribution in [2.45, 2.75) is 244 Å². The van der Waals surface area contributed by atoms with Crippen LogP contribution in [0.25, 0.3) is 0 Å². The van der Waals surface area contributed by atoms with Gasteiger partial charge in [-0.1, -0.05) is 205 Å². The van der Waals surface area contributed by atoms with E-state index in [0.717, 1.165) is 44.9 Å². The van der Waals surface area contributed by atoms with Crippen LogP contribution in [0, 0.1) is 0 Å². The first kappa shape index (κ1) is 57.0. The van der Waals surface area contributed by atoms with Crippen LogP contribution in [-0.4, -0.2) is 68.5 Å². The molecule has 0 aromatic heterocycles. The summed E-state index contributed by atoms with van der Waals surface area (Å²) in [6.07, 6.45) is 50.2. The lowest BCUT2D eigenvalue weighted by Crippen LogP contribution is -2.46. The lowest BCUT2D eigenvalue weighted by Gasteiger charge is -2.30. The summed E-state index contributed by atoms with van der Waals surface area (Å²) in [6, 6.07) is -0.792. The average molecular weight is 841 g/mol. The number of likely N-dealkylation sites (N-methyl/N-ethyl adjacent to an activating group) is 1. The molecule has 3 atom stereocenters. The maximum absolute atomic E-state index is 12.7. The largest absolute Gasteiger partial charge is 0.756 e. The van der Waals surface area contributed by atoms with Crippen LogP contribution in [0.1, 0.15) is 232 Å². The molecule has 0 rings (SSSR count). The molecule has 1 amide bonds. The molecular formula is C49H97N2O6P. The van der Waals surface area contributed by atoms with Gasteiger partial charge in [0.25, 0.3) is 7.82 Å². The van der Waals surface area contributed by atoms with E-state index >= 15 is 0 Å². The zero-order valence-electron chi connectivity index (χ0n) is 39.0. The number of aliphatic hydroxyl groups is 1. The Kier molecular flexibility index (Phi) is 40.6. The van der Waals surface area contributed by atoms with E-state index in [1.54, 1.807) is 0 Å². The maximum atomic E-state index is 12.7. The molecule has 344 valence electrons. The molecule has 0 aliphatic rings. The Balaban J connectivity index is 3.68. The topological polar surface area (TPSA) is 108 Å². The van der Waals surface area contributed by atoms with Gasteiger partial charge in [0.05, 0.1) is 39.9 Å². The number of hydrogen-bond donors (Lipinski definition) is 2. The number of phosphoric ester groups is 1. The van der Waals surface area contributed by atoms with Gasteiger partial charge in [-0.25, -0.2) is 0 Å². The van der Waals surface area contributed by atoms with Crippen molar-refractivity contribution in [2.75, 3.05) is 40.9 Å². The quantitative estimate of drug-likeness (QED) is 0.0274. The number of carbonyl (C=O) groups is 1. The van der Waals surface area contributed by atoms with Crippen LogP contribution >= 0.6 is 7.82 Å². The lowest BCUT2D eigenvalue weighted by molar-refractivity contribution is -0.870. The zero-order chi connectivity index (χ0) is 42.8. The molecule has 0 aromatic rings. The molecule has 3 unspecified atom stereocenters. The van der Waals surface area contributed by atoms with E-state index in [9.17, 15) is 19.4 Å². The molecule has 0 heterocycles. The molecule has 0 radical (unpaired) electrons. The van der Waals surface area contributed by atoms with Gasteiger partial charge in [0, 0.05) is 6.42 Å². The molecule has 2 N–H and O–H groups in total. The van der Waals surface area contributed by atoms with Gasteiger partial charge in [-0.15, -0.1) is 0 Å². The number of nitrogens with one attached hydrogen (secondary N) is 1. The molecule has 0 saturated carbocycles. The fourth-order valence-electron chi connectivity index (χ4n) is 7.25. The summed E-state index contributed by atoms with van der Waals surface area (Å²) in [5.74, 6) is -0.174. The summed E-state index contributed by atoms with van der Waals surface area (Å²) in [5, 5.41) is 13.6. The molecule has 0 spiro atoms. The third-order valence-electron chi connectivity index (χ3n) is 11.2. The van der Waals surface area contributed by atoms with Crippen LogP contribution in [0.15, 0.2) is 24.3 Å². The predicted molar refractivity (Wildman–Crippen MR) is 247 cm³/mol. The molecule has 0 aliphatic carbocycles. The Morgan fingerprint density at radius 1 is 0.603 bits per heavy atom. The van der Waals surface area contributed by atoms with Gasteiger partial charge in [0.2, 0.25) is 5.91 Å². The molecule has 0 aliphatic heterocycles. The van der Waals surface area contributed by atoms with Crippen molar-refractivity contribution in [1.82, 2.24) is 5.32 Å². The van der Waals surface area contributed by atoms with Gasteiger partial charge in [-0.05, 0) is 44.9 Å². The van der Waals surface area contributed by atoms with E-state index in [-0.39, 0.29) is 19.1 Å². The summed E-state index contributed by atoms with van der Waals surface area (Å²) >= 11 is 0. The fourth-order valence-corrected chi connectivity index (χ4v) is 7.97. The van der Waals surface area contributed by atoms with Gasteiger partial charge >= 0.3 is 0 Å². The number of carbonyl (C=O) groups excluding carboxylic acids is 1.